The number of aliphatic hydroxyl groups excluding tert-OH is 3. The van der Waals surface area contributed by atoms with Crippen molar-refractivity contribution in [3.8, 4) is 45.8 Å². The Bertz CT molecular complexity index is 1360. The Kier molecular flexibility index (Phi) is 5.82. The van der Waals surface area contributed by atoms with Crippen molar-refractivity contribution in [1.29, 1.82) is 0 Å². The lowest BCUT2D eigenvalue weighted by molar-refractivity contribution is -0.271. The predicted octanol–water partition coefficient (Wildman–Crippen LogP) is -0.741. The highest BCUT2D eigenvalue weighted by Crippen LogP contribution is 2.43. The lowest BCUT2D eigenvalue weighted by Gasteiger charge is -2.38. The maximum atomic E-state index is 12.6. The van der Waals surface area contributed by atoms with Gasteiger partial charge in [-0.1, -0.05) is 0 Å². The number of fused-ring (bicyclic) bond motifs is 1. The summed E-state index contributed by atoms with van der Waals surface area (Å²) in [5.74, 6) is -6.66. The van der Waals surface area contributed by atoms with Gasteiger partial charge >= 0.3 is 5.97 Å². The lowest BCUT2D eigenvalue weighted by Crippen LogP contribution is -2.61. The highest BCUT2D eigenvalue weighted by Gasteiger charge is 2.48. The van der Waals surface area contributed by atoms with Crippen LogP contribution in [0.1, 0.15) is 0 Å². The molecule has 2 aromatic carbocycles. The zero-order valence-electron chi connectivity index (χ0n) is 17.3. The summed E-state index contributed by atoms with van der Waals surface area (Å²) in [4.78, 5) is 23.9. The molecule has 1 aliphatic heterocycles. The molecular weight excluding hydrogens is 476 g/mol. The van der Waals surface area contributed by atoms with E-state index in [1.807, 2.05) is 0 Å². The molecule has 5 atom stereocenters. The van der Waals surface area contributed by atoms with Crippen molar-refractivity contribution in [1.82, 2.24) is 0 Å². The van der Waals surface area contributed by atoms with E-state index >= 15 is 0 Å². The maximum Gasteiger partial charge on any atom is 0.335 e. The molecule has 0 amide bonds. The van der Waals surface area contributed by atoms with E-state index in [2.05, 4.69) is 0 Å². The van der Waals surface area contributed by atoms with E-state index in [1.165, 1.54) is 0 Å². The average molecular weight is 494 g/mol. The minimum absolute atomic E-state index is 0.102. The quantitative estimate of drug-likeness (QED) is 0.160. The molecule has 3 aromatic rings. The summed E-state index contributed by atoms with van der Waals surface area (Å²) < 4.78 is 15.7. The van der Waals surface area contributed by atoms with Gasteiger partial charge in [0.15, 0.2) is 40.1 Å². The van der Waals surface area contributed by atoms with Crippen molar-refractivity contribution < 1.29 is 64.6 Å². The van der Waals surface area contributed by atoms with Gasteiger partial charge in [-0.25, -0.2) is 4.79 Å². The zero-order chi connectivity index (χ0) is 25.8. The Hall–Kier alpha value is -4.24. The molecule has 14 nitrogen and oxygen atoms in total. The van der Waals surface area contributed by atoms with Crippen molar-refractivity contribution >= 4 is 16.9 Å². The van der Waals surface area contributed by atoms with Gasteiger partial charge < -0.3 is 59.8 Å². The van der Waals surface area contributed by atoms with Gasteiger partial charge in [0.05, 0.1) is 0 Å². The van der Waals surface area contributed by atoms with Gasteiger partial charge in [-0.2, -0.15) is 0 Å². The number of hydrogen-bond donors (Lipinski definition) is 9. The molecule has 9 N–H and O–H groups in total. The van der Waals surface area contributed by atoms with Crippen LogP contribution in [0.3, 0.4) is 0 Å². The normalized spacial score (nSPS) is 24.4. The maximum absolute atomic E-state index is 12.6. The largest absolute Gasteiger partial charge is 0.507 e. The first-order chi connectivity index (χ1) is 16.4. The van der Waals surface area contributed by atoms with Gasteiger partial charge in [0.25, 0.3) is 0 Å². The summed E-state index contributed by atoms with van der Waals surface area (Å²) in [7, 11) is 0. The van der Waals surface area contributed by atoms with E-state index in [-0.39, 0.29) is 11.3 Å². The van der Waals surface area contributed by atoms with Crippen LogP contribution in [-0.2, 0) is 9.53 Å². The number of hydrogen-bond acceptors (Lipinski definition) is 13. The number of ether oxygens (including phenoxy) is 2. The Morgan fingerprint density at radius 3 is 2.06 bits per heavy atom. The number of aromatic hydroxyl groups is 5. The number of aliphatic carboxylic acids is 1. The molecule has 0 saturated carbocycles. The predicted molar refractivity (Wildman–Crippen MR) is 111 cm³/mol. The minimum Gasteiger partial charge on any atom is -0.507 e. The molecule has 2 heterocycles. The van der Waals surface area contributed by atoms with Crippen molar-refractivity contribution in [2.24, 2.45) is 0 Å². The van der Waals surface area contributed by atoms with Crippen LogP contribution in [0, 0.1) is 0 Å². The Morgan fingerprint density at radius 1 is 0.829 bits per heavy atom. The number of aliphatic hydroxyl groups is 3. The Labute approximate surface area is 193 Å². The van der Waals surface area contributed by atoms with Crippen LogP contribution in [0.25, 0.3) is 22.3 Å². The summed E-state index contributed by atoms with van der Waals surface area (Å²) in [5, 5.41) is 88.4. The monoisotopic (exact) mass is 494 g/mol. The van der Waals surface area contributed by atoms with Crippen molar-refractivity contribution in [3.63, 3.8) is 0 Å². The molecular formula is C21H18O14. The topological polar surface area (TPSA) is 248 Å². The number of carboxylic acid groups (broad SMARTS) is 1. The summed E-state index contributed by atoms with van der Waals surface area (Å²) in [6.07, 6.45) is -9.95. The molecule has 0 spiro atoms. The molecule has 1 fully saturated rings. The molecule has 4 rings (SSSR count). The van der Waals surface area contributed by atoms with Crippen LogP contribution >= 0.6 is 0 Å². The highest BCUT2D eigenvalue weighted by atomic mass is 16.7. The van der Waals surface area contributed by atoms with Gasteiger partial charge in [-0.05, 0) is 12.1 Å². The molecule has 1 aliphatic rings. The summed E-state index contributed by atoms with van der Waals surface area (Å²) >= 11 is 0. The number of phenolic OH excluding ortho intramolecular Hbond substituents is 5. The third-order valence-corrected chi connectivity index (χ3v) is 5.33. The van der Waals surface area contributed by atoms with E-state index in [4.69, 9.17) is 19.0 Å². The second-order valence-electron chi connectivity index (χ2n) is 7.64. The van der Waals surface area contributed by atoms with Crippen molar-refractivity contribution in [3.05, 3.63) is 34.5 Å². The van der Waals surface area contributed by atoms with Crippen LogP contribution < -0.4 is 10.2 Å². The Balaban J connectivity index is 1.80. The van der Waals surface area contributed by atoms with Gasteiger partial charge in [-0.15, -0.1) is 0 Å². The first-order valence-corrected chi connectivity index (χ1v) is 9.78. The molecule has 1 aromatic heterocycles. The number of benzene rings is 2. The van der Waals surface area contributed by atoms with Crippen molar-refractivity contribution in [2.45, 2.75) is 30.7 Å². The van der Waals surface area contributed by atoms with Crippen LogP contribution in [0.2, 0.25) is 0 Å². The summed E-state index contributed by atoms with van der Waals surface area (Å²) in [6, 6.07) is 3.51. The molecule has 186 valence electrons. The van der Waals surface area contributed by atoms with E-state index in [0.29, 0.717) is 0 Å². The summed E-state index contributed by atoms with van der Waals surface area (Å²) in [6.45, 7) is 0. The first-order valence-electron chi connectivity index (χ1n) is 9.78. The molecule has 14 heteroatoms. The second kappa shape index (κ2) is 8.52. The molecule has 0 radical (unpaired) electrons. The van der Waals surface area contributed by atoms with Crippen LogP contribution in [0.4, 0.5) is 0 Å². The summed E-state index contributed by atoms with van der Waals surface area (Å²) in [5.41, 5.74) is -1.62. The van der Waals surface area contributed by atoms with E-state index in [9.17, 15) is 50.4 Å². The highest BCUT2D eigenvalue weighted by molar-refractivity contribution is 5.91. The van der Waals surface area contributed by atoms with Gasteiger partial charge in [-0.3, -0.25) is 4.79 Å². The fraction of sp³-hybridized carbons (Fsp3) is 0.238. The zero-order valence-corrected chi connectivity index (χ0v) is 17.3. The van der Waals surface area contributed by atoms with Crippen LogP contribution in [-0.4, -0.2) is 82.6 Å². The third-order valence-electron chi connectivity index (χ3n) is 5.33. The van der Waals surface area contributed by atoms with Crippen molar-refractivity contribution in [2.75, 3.05) is 0 Å². The standard InChI is InChI=1S/C21H18O14/c22-6-3-10(5-1-8(24)13(26)9(25)2-5)33-18-12(6)7(23)4-11(14(18)27)34-21-17(30)15(28)16(29)19(35-21)20(31)32/h1-4,15-17,19,21,23-30H,(H,31,32)/t15-,16-,17?,19?,21+/m0/s1. The number of carboxylic acids is 1. The number of carbonyl (C=O) groups is 1. The molecule has 35 heavy (non-hydrogen) atoms. The minimum atomic E-state index is -2.01. The third kappa shape index (κ3) is 4.00. The number of phenols is 5. The molecule has 1 saturated heterocycles. The smallest absolute Gasteiger partial charge is 0.335 e. The fourth-order valence-electron chi connectivity index (χ4n) is 3.53. The number of rotatable bonds is 4. The molecule has 0 aliphatic carbocycles. The van der Waals surface area contributed by atoms with E-state index < -0.39 is 87.6 Å². The molecule has 0 bridgehead atoms. The van der Waals surface area contributed by atoms with Crippen LogP contribution in [0.5, 0.6) is 34.5 Å². The van der Waals surface area contributed by atoms with Crippen LogP contribution in [0.15, 0.2) is 33.5 Å². The Morgan fingerprint density at radius 2 is 1.46 bits per heavy atom. The lowest BCUT2D eigenvalue weighted by atomic mass is 9.99. The van der Waals surface area contributed by atoms with E-state index in [1.54, 1.807) is 0 Å². The first kappa shape index (κ1) is 23.9. The second-order valence-corrected chi connectivity index (χ2v) is 7.64. The SMILES string of the molecule is O=C(O)C1O[C@@H](Oc2cc(O)c3c(=O)cc(-c4cc(O)c(O)c(O)c4)oc3c2O)C(O)[C@@H](O)[C@@H]1O. The van der Waals surface area contributed by atoms with E-state index in [0.717, 1.165) is 24.3 Å². The van der Waals surface area contributed by atoms with Gasteiger partial charge in [0.2, 0.25) is 12.0 Å². The fourth-order valence-corrected chi connectivity index (χ4v) is 3.53. The van der Waals surface area contributed by atoms with Gasteiger partial charge in [0, 0.05) is 17.7 Å². The average Bonchev–Trinajstić information content (AvgIpc) is 2.79. The molecule has 2 unspecified atom stereocenters. The van der Waals surface area contributed by atoms with Gasteiger partial charge in [0.1, 0.15) is 35.2 Å².